The zero-order valence-corrected chi connectivity index (χ0v) is 9.96. The number of carboxylic acid groups (broad SMARTS) is 1. The summed E-state index contributed by atoms with van der Waals surface area (Å²) in [6, 6.07) is 0. The maximum absolute atomic E-state index is 11.2. The number of hydrogen-bond donors (Lipinski definition) is 1. The van der Waals surface area contributed by atoms with Crippen LogP contribution in [0.5, 0.6) is 0 Å². The number of rotatable bonds is 2. The number of carbonyl (C=O) groups excluding carboxylic acids is 2. The highest BCUT2D eigenvalue weighted by Crippen LogP contribution is 2.20. The maximum atomic E-state index is 11.2. The van der Waals surface area contributed by atoms with E-state index in [4.69, 9.17) is 0 Å². The molecule has 6 nitrogen and oxygen atoms in total. The number of nitrogens with one attached hydrogen (secondary N) is 1. The highest BCUT2D eigenvalue weighted by atomic mass is 32.2. The smallest absolute Gasteiger partial charge is 0.227 e. The van der Waals surface area contributed by atoms with Gasteiger partial charge in [0.05, 0.1) is 11.2 Å². The lowest BCUT2D eigenvalue weighted by Crippen LogP contribution is -2.44. The predicted octanol–water partition coefficient (Wildman–Crippen LogP) is -0.356. The molecule has 92 valence electrons. The van der Waals surface area contributed by atoms with Gasteiger partial charge in [-0.1, -0.05) is 11.8 Å². The molecule has 2 aliphatic rings. The minimum Gasteiger partial charge on any atom is -0.549 e. The first kappa shape index (κ1) is 12.1. The van der Waals surface area contributed by atoms with Gasteiger partial charge >= 0.3 is 0 Å². The van der Waals surface area contributed by atoms with Gasteiger partial charge in [0.2, 0.25) is 5.91 Å². The molecule has 0 aromatic rings. The van der Waals surface area contributed by atoms with E-state index in [-0.39, 0.29) is 17.5 Å². The Hall–Kier alpha value is -1.37. The van der Waals surface area contributed by atoms with Crippen LogP contribution in [0.1, 0.15) is 32.1 Å². The molecular formula is C10H12N3O3S-. The Bertz CT molecular complexity index is 398. The summed E-state index contributed by atoms with van der Waals surface area (Å²) >= 11 is 0.976. The van der Waals surface area contributed by atoms with Crippen molar-refractivity contribution in [3.05, 3.63) is 0 Å². The summed E-state index contributed by atoms with van der Waals surface area (Å²) in [5.41, 5.74) is 1.00. The quantitative estimate of drug-likeness (QED) is 0.681. The minimum atomic E-state index is -1.24. The summed E-state index contributed by atoms with van der Waals surface area (Å²) in [6.07, 6.45) is 4.01. The summed E-state index contributed by atoms with van der Waals surface area (Å²) in [5.74, 6) is -1.60. The highest BCUT2D eigenvalue weighted by Gasteiger charge is 2.25. The van der Waals surface area contributed by atoms with E-state index in [9.17, 15) is 14.7 Å². The lowest BCUT2D eigenvalue weighted by atomic mass is 10.3. The first-order valence-corrected chi connectivity index (χ1v) is 6.34. The molecular weight excluding hydrogens is 242 g/mol. The third kappa shape index (κ3) is 3.29. The molecule has 0 spiro atoms. The predicted molar refractivity (Wildman–Crippen MR) is 62.5 cm³/mol. The van der Waals surface area contributed by atoms with E-state index in [1.165, 1.54) is 0 Å². The Morgan fingerprint density at radius 2 is 2.06 bits per heavy atom. The van der Waals surface area contributed by atoms with Gasteiger partial charge in [-0.25, -0.2) is 0 Å². The molecule has 2 fully saturated rings. The van der Waals surface area contributed by atoms with Crippen LogP contribution in [0, 0.1) is 0 Å². The molecule has 0 unspecified atom stereocenters. The highest BCUT2D eigenvalue weighted by molar-refractivity contribution is 8.15. The van der Waals surface area contributed by atoms with Gasteiger partial charge in [0.25, 0.3) is 0 Å². The third-order valence-corrected chi connectivity index (χ3v) is 3.65. The lowest BCUT2D eigenvalue weighted by Gasteiger charge is -2.22. The first-order chi connectivity index (χ1) is 8.15. The van der Waals surface area contributed by atoms with Crippen LogP contribution in [0.2, 0.25) is 0 Å². The fourth-order valence-corrected chi connectivity index (χ4v) is 2.58. The van der Waals surface area contributed by atoms with Crippen LogP contribution in [0.3, 0.4) is 0 Å². The van der Waals surface area contributed by atoms with Crippen LogP contribution in [0.15, 0.2) is 10.2 Å². The largest absolute Gasteiger partial charge is 0.549 e. The molecule has 1 heterocycles. The molecule has 17 heavy (non-hydrogen) atoms. The Balaban J connectivity index is 2.04. The Morgan fingerprint density at radius 1 is 1.35 bits per heavy atom. The Morgan fingerprint density at radius 3 is 2.71 bits per heavy atom. The van der Waals surface area contributed by atoms with Crippen LogP contribution < -0.4 is 10.4 Å². The van der Waals surface area contributed by atoms with Crippen molar-refractivity contribution in [2.45, 2.75) is 37.4 Å². The van der Waals surface area contributed by atoms with Gasteiger partial charge < -0.3 is 15.2 Å². The molecule has 1 saturated carbocycles. The second-order valence-electron chi connectivity index (χ2n) is 3.96. The van der Waals surface area contributed by atoms with Crippen molar-refractivity contribution in [2.75, 3.05) is 0 Å². The number of carbonyl (C=O) groups is 2. The van der Waals surface area contributed by atoms with Crippen LogP contribution >= 0.6 is 11.8 Å². The number of nitrogens with zero attached hydrogens (tertiary/aromatic N) is 2. The van der Waals surface area contributed by atoms with E-state index >= 15 is 0 Å². The van der Waals surface area contributed by atoms with E-state index in [1.54, 1.807) is 0 Å². The van der Waals surface area contributed by atoms with Crippen molar-refractivity contribution < 1.29 is 14.7 Å². The van der Waals surface area contributed by atoms with Crippen molar-refractivity contribution in [2.24, 2.45) is 10.2 Å². The van der Waals surface area contributed by atoms with Gasteiger partial charge in [-0.15, -0.1) is 5.10 Å². The number of aliphatic carboxylic acids is 1. The summed E-state index contributed by atoms with van der Waals surface area (Å²) in [6.45, 7) is 0. The number of amides is 1. The zero-order valence-electron chi connectivity index (χ0n) is 9.14. The lowest BCUT2D eigenvalue weighted by molar-refractivity contribution is -0.304. The van der Waals surface area contributed by atoms with Gasteiger partial charge in [0.1, 0.15) is 0 Å². The number of hydrogen-bond acceptors (Lipinski definition) is 6. The molecule has 1 aliphatic heterocycles. The van der Waals surface area contributed by atoms with E-state index in [1.807, 2.05) is 0 Å². The monoisotopic (exact) mass is 254 g/mol. The second kappa shape index (κ2) is 5.31. The molecule has 1 atom stereocenters. The topological polar surface area (TPSA) is 94.0 Å². The molecule has 0 aromatic heterocycles. The van der Waals surface area contributed by atoms with Crippen LogP contribution in [-0.4, -0.2) is 28.0 Å². The van der Waals surface area contributed by atoms with Crippen molar-refractivity contribution >= 4 is 34.5 Å². The molecule has 1 N–H and O–H groups in total. The minimum absolute atomic E-state index is 0.0808. The van der Waals surface area contributed by atoms with E-state index in [0.29, 0.717) is 0 Å². The van der Waals surface area contributed by atoms with Crippen molar-refractivity contribution in [3.63, 3.8) is 0 Å². The molecule has 0 aromatic carbocycles. The Kier molecular flexibility index (Phi) is 3.78. The van der Waals surface area contributed by atoms with E-state index in [2.05, 4.69) is 15.5 Å². The fourth-order valence-electron chi connectivity index (χ4n) is 1.72. The number of carboxylic acids is 1. The zero-order chi connectivity index (χ0) is 12.3. The van der Waals surface area contributed by atoms with Crippen LogP contribution in [0.25, 0.3) is 0 Å². The van der Waals surface area contributed by atoms with Crippen molar-refractivity contribution in [1.82, 2.24) is 5.32 Å². The molecule has 1 amide bonds. The fraction of sp³-hybridized carbons (Fsp3) is 0.600. The van der Waals surface area contributed by atoms with Gasteiger partial charge in [-0.3, -0.25) is 4.79 Å². The van der Waals surface area contributed by atoms with Crippen LogP contribution in [0.4, 0.5) is 0 Å². The second-order valence-corrected chi connectivity index (χ2v) is 5.15. The number of thioether (sulfide) groups is 1. The summed E-state index contributed by atoms with van der Waals surface area (Å²) < 4.78 is 0. The SMILES string of the molecule is O=C1C[C@@H](C(=O)[O-])S/C(=N/N=C2CCCC2)N1. The van der Waals surface area contributed by atoms with Gasteiger partial charge in [-0.05, 0) is 25.7 Å². The van der Waals surface area contributed by atoms with Gasteiger partial charge in [0, 0.05) is 12.1 Å². The van der Waals surface area contributed by atoms with Gasteiger partial charge in [0.15, 0.2) is 5.17 Å². The third-order valence-electron chi connectivity index (χ3n) is 2.60. The average Bonchev–Trinajstić information content (AvgIpc) is 2.78. The summed E-state index contributed by atoms with van der Waals surface area (Å²) in [5, 5.41) is 20.5. The molecule has 2 rings (SSSR count). The Labute approximate surface area is 103 Å². The molecule has 0 radical (unpaired) electrons. The normalized spacial score (nSPS) is 27.1. The average molecular weight is 254 g/mol. The molecule has 1 saturated heterocycles. The number of amidine groups is 1. The van der Waals surface area contributed by atoms with Crippen molar-refractivity contribution in [3.8, 4) is 0 Å². The van der Waals surface area contributed by atoms with E-state index in [0.717, 1.165) is 43.2 Å². The molecule has 1 aliphatic carbocycles. The maximum Gasteiger partial charge on any atom is 0.227 e. The van der Waals surface area contributed by atoms with Gasteiger partial charge in [-0.2, -0.15) is 5.10 Å². The first-order valence-electron chi connectivity index (χ1n) is 5.46. The molecule has 7 heteroatoms. The summed E-state index contributed by atoms with van der Waals surface area (Å²) in [7, 11) is 0. The van der Waals surface area contributed by atoms with Crippen LogP contribution in [-0.2, 0) is 9.59 Å². The van der Waals surface area contributed by atoms with Crippen molar-refractivity contribution in [1.29, 1.82) is 0 Å². The summed E-state index contributed by atoms with van der Waals surface area (Å²) in [4.78, 5) is 21.9. The van der Waals surface area contributed by atoms with E-state index < -0.39 is 11.2 Å². The molecule has 0 bridgehead atoms. The standard InChI is InChI=1S/C10H13N3O3S/c14-8-5-7(9(15)16)17-10(11-8)13-12-6-3-1-2-4-6/h7H,1-5H2,(H,15,16)(H,11,13,14)/p-1/t7-/m0/s1.